The smallest absolute Gasteiger partial charge is 0.198 e. The van der Waals surface area contributed by atoms with Crippen molar-refractivity contribution >= 4 is 17.3 Å². The van der Waals surface area contributed by atoms with Crippen molar-refractivity contribution in [1.82, 2.24) is 9.47 Å². The lowest BCUT2D eigenvalue weighted by molar-refractivity contribution is 0.0980. The minimum absolute atomic E-state index is 0.0462. The van der Waals surface area contributed by atoms with Crippen LogP contribution in [0.1, 0.15) is 68.4 Å². The minimum atomic E-state index is -0.0939. The van der Waals surface area contributed by atoms with Crippen LogP contribution >= 0.6 is 0 Å². The number of carbonyl (C=O) groups excluding carboxylic acids is 2. The zero-order valence-corrected chi connectivity index (χ0v) is 19.1. The van der Waals surface area contributed by atoms with E-state index < -0.39 is 0 Å². The van der Waals surface area contributed by atoms with Gasteiger partial charge in [0.05, 0.1) is 23.3 Å². The van der Waals surface area contributed by atoms with Crippen LogP contribution in [0.4, 0.5) is 5.69 Å². The van der Waals surface area contributed by atoms with Gasteiger partial charge in [-0.3, -0.25) is 14.5 Å². The van der Waals surface area contributed by atoms with Gasteiger partial charge < -0.3 is 15.0 Å². The van der Waals surface area contributed by atoms with E-state index in [1.54, 1.807) is 6.07 Å². The molecule has 0 radical (unpaired) electrons. The summed E-state index contributed by atoms with van der Waals surface area (Å²) < 4.78 is 2.08. The van der Waals surface area contributed by atoms with Crippen molar-refractivity contribution in [1.29, 1.82) is 0 Å². The predicted octanol–water partition coefficient (Wildman–Crippen LogP) is 3.50. The van der Waals surface area contributed by atoms with E-state index in [0.717, 1.165) is 18.8 Å². The number of likely N-dealkylation sites (N-methyl/N-ethyl adjacent to an activating group) is 1. The van der Waals surface area contributed by atoms with Crippen LogP contribution in [0, 0.1) is 0 Å². The number of aliphatic hydroxyl groups is 1. The van der Waals surface area contributed by atoms with Crippen molar-refractivity contribution in [2.45, 2.75) is 26.3 Å². The number of nitrogens with zero attached hydrogens (tertiary/aromatic N) is 2. The van der Waals surface area contributed by atoms with Gasteiger partial charge in [-0.2, -0.15) is 0 Å². The lowest BCUT2D eigenvalue weighted by Crippen LogP contribution is -2.32. The van der Waals surface area contributed by atoms with Crippen molar-refractivity contribution in [2.75, 3.05) is 38.1 Å². The Morgan fingerprint density at radius 2 is 1.82 bits per heavy atom. The fraction of sp³-hybridized carbons (Fsp3) is 0.333. The lowest BCUT2D eigenvalue weighted by Gasteiger charge is -2.27. The number of aromatic nitrogens is 1. The van der Waals surface area contributed by atoms with Gasteiger partial charge in [0.15, 0.2) is 11.6 Å². The zero-order valence-electron chi connectivity index (χ0n) is 19.1. The van der Waals surface area contributed by atoms with Gasteiger partial charge in [-0.05, 0) is 23.7 Å². The first-order valence-corrected chi connectivity index (χ1v) is 11.7. The maximum Gasteiger partial charge on any atom is 0.198 e. The number of carbonyl (C=O) groups is 2. The van der Waals surface area contributed by atoms with Crippen molar-refractivity contribution in [3.63, 3.8) is 0 Å². The monoisotopic (exact) mass is 443 g/mol. The first kappa shape index (κ1) is 21.6. The highest BCUT2D eigenvalue weighted by molar-refractivity contribution is 6.30. The van der Waals surface area contributed by atoms with Crippen LogP contribution in [-0.4, -0.2) is 58.9 Å². The molecule has 33 heavy (non-hydrogen) atoms. The Morgan fingerprint density at radius 3 is 2.61 bits per heavy atom. The number of fused-ring (bicyclic) bond motifs is 5. The van der Waals surface area contributed by atoms with Crippen molar-refractivity contribution in [3.8, 4) is 0 Å². The molecular formula is C27H29N3O3. The van der Waals surface area contributed by atoms with Crippen LogP contribution in [0.3, 0.4) is 0 Å². The van der Waals surface area contributed by atoms with Crippen LogP contribution in [0.25, 0.3) is 0 Å². The quantitative estimate of drug-likeness (QED) is 0.457. The van der Waals surface area contributed by atoms with Gasteiger partial charge in [-0.15, -0.1) is 0 Å². The Morgan fingerprint density at radius 1 is 1.03 bits per heavy atom. The highest BCUT2D eigenvalue weighted by atomic mass is 16.3. The molecule has 1 atom stereocenters. The molecule has 0 fully saturated rings. The Balaban J connectivity index is 1.49. The second kappa shape index (κ2) is 8.61. The largest absolute Gasteiger partial charge is 0.395 e. The Kier molecular flexibility index (Phi) is 5.64. The van der Waals surface area contributed by atoms with Gasteiger partial charge in [-0.25, -0.2) is 0 Å². The minimum Gasteiger partial charge on any atom is -0.395 e. The summed E-state index contributed by atoms with van der Waals surface area (Å²) in [6.45, 7) is 7.77. The molecular weight excluding hydrogens is 414 g/mol. The van der Waals surface area contributed by atoms with Crippen LogP contribution in [-0.2, 0) is 6.54 Å². The van der Waals surface area contributed by atoms with E-state index in [-0.39, 0.29) is 24.1 Å². The summed E-state index contributed by atoms with van der Waals surface area (Å²) in [5.41, 5.74) is 6.08. The molecule has 2 heterocycles. The van der Waals surface area contributed by atoms with Crippen molar-refractivity contribution in [2.24, 2.45) is 0 Å². The van der Waals surface area contributed by atoms with Crippen LogP contribution in [0.2, 0.25) is 0 Å². The average molecular weight is 444 g/mol. The molecule has 5 rings (SSSR count). The Labute approximate surface area is 193 Å². The number of hydrogen-bond donors (Lipinski definition) is 2. The third-order valence-electron chi connectivity index (χ3n) is 7.01. The number of anilines is 1. The molecule has 0 amide bonds. The fourth-order valence-electron chi connectivity index (χ4n) is 5.33. The molecule has 0 saturated carbocycles. The normalized spacial score (nSPS) is 16.3. The summed E-state index contributed by atoms with van der Waals surface area (Å²) in [7, 11) is 0. The first-order chi connectivity index (χ1) is 16.0. The molecule has 2 N–H and O–H groups in total. The van der Waals surface area contributed by atoms with Crippen molar-refractivity contribution in [3.05, 3.63) is 87.7 Å². The van der Waals surface area contributed by atoms with E-state index in [1.165, 1.54) is 11.1 Å². The van der Waals surface area contributed by atoms with E-state index in [4.69, 9.17) is 0 Å². The Bertz CT molecular complexity index is 1240. The van der Waals surface area contributed by atoms with Gasteiger partial charge in [-0.1, -0.05) is 50.2 Å². The van der Waals surface area contributed by atoms with Gasteiger partial charge >= 0.3 is 0 Å². The van der Waals surface area contributed by atoms with E-state index >= 15 is 0 Å². The molecule has 1 aliphatic carbocycles. The molecule has 1 unspecified atom stereocenters. The molecule has 0 saturated heterocycles. The van der Waals surface area contributed by atoms with Gasteiger partial charge in [0.1, 0.15) is 0 Å². The highest BCUT2D eigenvalue weighted by Crippen LogP contribution is 2.41. The summed E-state index contributed by atoms with van der Waals surface area (Å²) in [4.78, 5) is 29.5. The summed E-state index contributed by atoms with van der Waals surface area (Å²) in [5.74, 6) is -0.118. The SMILES string of the molecule is CCN(CCO)CCNc1cccc2c1C(=O)c1cn3c(c1C2=O)C(C)c1ccccc1C3. The third-order valence-corrected chi connectivity index (χ3v) is 7.01. The predicted molar refractivity (Wildman–Crippen MR) is 128 cm³/mol. The number of benzene rings is 2. The van der Waals surface area contributed by atoms with Crippen molar-refractivity contribution < 1.29 is 14.7 Å². The summed E-state index contributed by atoms with van der Waals surface area (Å²) >= 11 is 0. The number of rotatable bonds is 7. The number of ketones is 2. The standard InChI is InChI=1S/C27H29N3O3/c1-3-29(13-14-31)12-11-28-22-10-6-9-20-23(22)27(33)21-16-30-15-18-7-4-5-8-19(18)17(2)25(30)24(21)26(20)32/h4-10,16-17,28,31H,3,11-15H2,1-2H3. The Hall–Kier alpha value is -3.22. The second-order valence-electron chi connectivity index (χ2n) is 8.82. The third kappa shape index (κ3) is 3.50. The van der Waals surface area contributed by atoms with Crippen LogP contribution in [0.15, 0.2) is 48.7 Å². The van der Waals surface area contributed by atoms with E-state index in [9.17, 15) is 14.7 Å². The molecule has 6 nitrogen and oxygen atoms in total. The van der Waals surface area contributed by atoms with Gasteiger partial charge in [0, 0.05) is 55.2 Å². The number of hydrogen-bond acceptors (Lipinski definition) is 5. The molecule has 170 valence electrons. The maximum atomic E-state index is 13.7. The molecule has 2 aliphatic rings. The van der Waals surface area contributed by atoms with Gasteiger partial charge in [0.25, 0.3) is 0 Å². The van der Waals surface area contributed by atoms with E-state index in [1.807, 2.05) is 30.5 Å². The molecule has 6 heteroatoms. The topological polar surface area (TPSA) is 74.6 Å². The molecule has 0 spiro atoms. The zero-order chi connectivity index (χ0) is 23.1. The maximum absolute atomic E-state index is 13.7. The molecule has 1 aliphatic heterocycles. The average Bonchev–Trinajstić information content (AvgIpc) is 3.22. The second-order valence-corrected chi connectivity index (χ2v) is 8.82. The van der Waals surface area contributed by atoms with E-state index in [0.29, 0.717) is 47.6 Å². The number of aliphatic hydroxyl groups excluding tert-OH is 1. The van der Waals surface area contributed by atoms with Gasteiger partial charge in [0.2, 0.25) is 0 Å². The fourth-order valence-corrected chi connectivity index (χ4v) is 5.33. The highest BCUT2D eigenvalue weighted by Gasteiger charge is 2.38. The lowest BCUT2D eigenvalue weighted by atomic mass is 9.80. The molecule has 3 aromatic rings. The molecule has 1 aromatic heterocycles. The van der Waals surface area contributed by atoms with E-state index in [2.05, 4.69) is 40.8 Å². The number of nitrogens with one attached hydrogen (secondary N) is 1. The molecule has 2 aromatic carbocycles. The molecule has 0 bridgehead atoms. The van der Waals surface area contributed by atoms with Crippen LogP contribution < -0.4 is 5.32 Å². The first-order valence-electron chi connectivity index (χ1n) is 11.7. The van der Waals surface area contributed by atoms with Crippen LogP contribution in [0.5, 0.6) is 0 Å². The summed E-state index contributed by atoms with van der Waals surface area (Å²) in [5, 5.41) is 12.6. The summed E-state index contributed by atoms with van der Waals surface area (Å²) in [6, 6.07) is 13.8. The summed E-state index contributed by atoms with van der Waals surface area (Å²) in [6.07, 6.45) is 1.87.